The van der Waals surface area contributed by atoms with E-state index in [-0.39, 0.29) is 28.7 Å². The first kappa shape index (κ1) is 23.2. The number of hydrogen-bond donors (Lipinski definition) is 2. The first-order valence-electron chi connectivity index (χ1n) is 11.9. The summed E-state index contributed by atoms with van der Waals surface area (Å²) in [6.45, 7) is 1.49. The molecule has 2 aromatic carbocycles. The molecule has 0 unspecified atom stereocenters. The molecule has 0 aliphatic carbocycles. The van der Waals surface area contributed by atoms with Crippen LogP contribution in [0, 0.1) is 11.6 Å². The summed E-state index contributed by atoms with van der Waals surface area (Å²) in [4.78, 5) is 28.9. The molecule has 2 atom stereocenters. The number of carbonyl (C=O) groups is 1. The summed E-state index contributed by atoms with van der Waals surface area (Å²) in [5.41, 5.74) is 0.172. The number of nitrogens with one attached hydrogen (secondary N) is 2. The molecule has 190 valence electrons. The van der Waals surface area contributed by atoms with Crippen molar-refractivity contribution in [2.24, 2.45) is 7.05 Å². The summed E-state index contributed by atoms with van der Waals surface area (Å²) in [6.07, 6.45) is 3.89. The second-order valence-electron chi connectivity index (χ2n) is 9.27. The number of ether oxygens (including phenoxy) is 1. The third kappa shape index (κ3) is 3.65. The van der Waals surface area contributed by atoms with Crippen LogP contribution in [0.2, 0.25) is 0 Å². The maximum Gasteiger partial charge on any atom is 0.268 e. The number of anilines is 2. The van der Waals surface area contributed by atoms with Gasteiger partial charge in [0.2, 0.25) is 0 Å². The van der Waals surface area contributed by atoms with E-state index in [1.165, 1.54) is 54.4 Å². The van der Waals surface area contributed by atoms with E-state index in [9.17, 15) is 14.0 Å². The third-order valence-electron chi connectivity index (χ3n) is 7.14. The van der Waals surface area contributed by atoms with Crippen molar-refractivity contribution in [3.05, 3.63) is 76.3 Å². The van der Waals surface area contributed by atoms with Crippen LogP contribution in [0.5, 0.6) is 5.75 Å². The van der Waals surface area contributed by atoms with Gasteiger partial charge in [-0.1, -0.05) is 6.07 Å². The van der Waals surface area contributed by atoms with Crippen LogP contribution in [-0.2, 0) is 7.05 Å². The standard InChI is InChI=1S/C26H24F2N6O3/c1-32-22-17(12-30-32)23(34-13-14-9-15(34)11-29-14)20(10-19(22)28)31-25(35)16-5-4-8-33(26(16)36)24-18(27)6-3-7-21(24)37-2/h3-8,10,12,14-15,29H,9,11,13H2,1-2H3,(H,31,35)/t14-,15-/m1/s1. The topological polar surface area (TPSA) is 93.4 Å². The van der Waals surface area contributed by atoms with Crippen molar-refractivity contribution in [1.82, 2.24) is 19.7 Å². The van der Waals surface area contributed by atoms with Gasteiger partial charge in [0.15, 0.2) is 11.6 Å². The van der Waals surface area contributed by atoms with Crippen LogP contribution < -0.4 is 25.8 Å². The predicted octanol–water partition coefficient (Wildman–Crippen LogP) is 2.81. The van der Waals surface area contributed by atoms with Crippen molar-refractivity contribution in [3.63, 3.8) is 0 Å². The molecule has 4 heterocycles. The molecule has 2 fully saturated rings. The number of aromatic nitrogens is 3. The number of methoxy groups -OCH3 is 1. The monoisotopic (exact) mass is 506 g/mol. The Kier molecular flexibility index (Phi) is 5.45. The Morgan fingerprint density at radius 3 is 2.76 bits per heavy atom. The minimum Gasteiger partial charge on any atom is -0.494 e. The normalized spacial score (nSPS) is 18.5. The number of para-hydroxylation sites is 1. The van der Waals surface area contributed by atoms with Crippen molar-refractivity contribution in [3.8, 4) is 11.4 Å². The fourth-order valence-electron chi connectivity index (χ4n) is 5.47. The van der Waals surface area contributed by atoms with E-state index in [0.717, 1.165) is 17.5 Å². The molecule has 37 heavy (non-hydrogen) atoms. The van der Waals surface area contributed by atoms with E-state index in [0.29, 0.717) is 29.2 Å². The average Bonchev–Trinajstić information content (AvgIpc) is 3.61. The summed E-state index contributed by atoms with van der Waals surface area (Å²) in [5, 5.41) is 11.0. The number of aryl methyl sites for hydroxylation is 1. The van der Waals surface area contributed by atoms with Crippen LogP contribution in [0.1, 0.15) is 16.8 Å². The highest BCUT2D eigenvalue weighted by Gasteiger charge is 2.40. The second-order valence-corrected chi connectivity index (χ2v) is 9.27. The molecule has 2 N–H and O–H groups in total. The van der Waals surface area contributed by atoms with E-state index in [4.69, 9.17) is 4.74 Å². The van der Waals surface area contributed by atoms with E-state index in [1.807, 2.05) is 0 Å². The molecule has 2 saturated heterocycles. The number of halogens is 2. The molecule has 0 spiro atoms. The molecular weight excluding hydrogens is 482 g/mol. The largest absolute Gasteiger partial charge is 0.494 e. The highest BCUT2D eigenvalue weighted by molar-refractivity contribution is 6.09. The average molecular weight is 507 g/mol. The van der Waals surface area contributed by atoms with Crippen LogP contribution >= 0.6 is 0 Å². The Hall–Kier alpha value is -4.25. The molecule has 6 rings (SSSR count). The Labute approximate surface area is 210 Å². The van der Waals surface area contributed by atoms with Crippen LogP contribution in [0.25, 0.3) is 16.6 Å². The van der Waals surface area contributed by atoms with Gasteiger partial charge in [-0.15, -0.1) is 0 Å². The minimum absolute atomic E-state index is 0.103. The van der Waals surface area contributed by atoms with Gasteiger partial charge in [-0.25, -0.2) is 8.78 Å². The second kappa shape index (κ2) is 8.70. The number of pyridine rings is 1. The number of carbonyl (C=O) groups excluding carboxylic acids is 1. The Morgan fingerprint density at radius 1 is 1.19 bits per heavy atom. The third-order valence-corrected chi connectivity index (χ3v) is 7.14. The zero-order valence-electron chi connectivity index (χ0n) is 20.2. The maximum atomic E-state index is 15.2. The van der Waals surface area contributed by atoms with Crippen molar-refractivity contribution < 1.29 is 18.3 Å². The molecule has 2 aromatic heterocycles. The number of benzene rings is 2. The number of piperazine rings is 1. The molecule has 1 amide bonds. The number of rotatable bonds is 5. The van der Waals surface area contributed by atoms with E-state index >= 15 is 4.39 Å². The molecule has 9 nitrogen and oxygen atoms in total. The molecule has 4 aromatic rings. The Morgan fingerprint density at radius 2 is 2.03 bits per heavy atom. The van der Waals surface area contributed by atoms with Crippen molar-refractivity contribution in [2.45, 2.75) is 18.5 Å². The van der Waals surface area contributed by atoms with Gasteiger partial charge in [0.1, 0.15) is 22.5 Å². The van der Waals surface area contributed by atoms with Crippen molar-refractivity contribution in [1.29, 1.82) is 0 Å². The summed E-state index contributed by atoms with van der Waals surface area (Å²) < 4.78 is 37.6. The van der Waals surface area contributed by atoms with Crippen LogP contribution in [0.15, 0.2) is 53.6 Å². The van der Waals surface area contributed by atoms with Gasteiger partial charge in [-0.05, 0) is 30.7 Å². The molecule has 2 aliphatic rings. The van der Waals surface area contributed by atoms with Gasteiger partial charge < -0.3 is 20.3 Å². The Balaban J connectivity index is 1.44. The van der Waals surface area contributed by atoms with Crippen molar-refractivity contribution in [2.75, 3.05) is 30.4 Å². The lowest BCUT2D eigenvalue weighted by Crippen LogP contribution is -2.44. The number of nitrogens with zero attached hydrogens (tertiary/aromatic N) is 4. The zero-order chi connectivity index (χ0) is 25.8. The van der Waals surface area contributed by atoms with Gasteiger partial charge in [-0.3, -0.25) is 18.8 Å². The van der Waals surface area contributed by atoms with E-state index in [2.05, 4.69) is 20.6 Å². The van der Waals surface area contributed by atoms with Gasteiger partial charge in [-0.2, -0.15) is 5.10 Å². The lowest BCUT2D eigenvalue weighted by molar-refractivity contribution is 0.102. The molecule has 11 heteroatoms. The number of fused-ring (bicyclic) bond motifs is 3. The fraction of sp³-hybridized carbons (Fsp3) is 0.269. The van der Waals surface area contributed by atoms with Gasteiger partial charge >= 0.3 is 0 Å². The minimum atomic E-state index is -0.739. The SMILES string of the molecule is COc1cccc(F)c1-n1cccc(C(=O)Nc2cc(F)c3c(cnn3C)c2N2C[C@H]3C[C@@H]2CN3)c1=O. The molecular formula is C26H24F2N6O3. The molecule has 2 aliphatic heterocycles. The molecule has 0 saturated carbocycles. The van der Waals surface area contributed by atoms with E-state index in [1.54, 1.807) is 13.2 Å². The molecule has 0 radical (unpaired) electrons. The fourth-order valence-corrected chi connectivity index (χ4v) is 5.47. The molecule has 2 bridgehead atoms. The summed E-state index contributed by atoms with van der Waals surface area (Å²) in [6, 6.07) is 8.77. The van der Waals surface area contributed by atoms with Gasteiger partial charge in [0, 0.05) is 49.9 Å². The highest BCUT2D eigenvalue weighted by atomic mass is 19.1. The summed E-state index contributed by atoms with van der Waals surface area (Å²) >= 11 is 0. The highest BCUT2D eigenvalue weighted by Crippen LogP contribution is 2.41. The number of hydrogen-bond acceptors (Lipinski definition) is 6. The predicted molar refractivity (Wildman–Crippen MR) is 135 cm³/mol. The van der Waals surface area contributed by atoms with Crippen LogP contribution in [0.3, 0.4) is 0 Å². The van der Waals surface area contributed by atoms with Gasteiger partial charge in [0.25, 0.3) is 11.5 Å². The lowest BCUT2D eigenvalue weighted by atomic mass is 10.1. The number of amides is 1. The smallest absolute Gasteiger partial charge is 0.268 e. The zero-order valence-corrected chi connectivity index (χ0v) is 20.2. The maximum absolute atomic E-state index is 15.2. The van der Waals surface area contributed by atoms with Crippen LogP contribution in [0.4, 0.5) is 20.2 Å². The van der Waals surface area contributed by atoms with E-state index < -0.39 is 23.1 Å². The summed E-state index contributed by atoms with van der Waals surface area (Å²) in [7, 11) is 3.03. The quantitative estimate of drug-likeness (QED) is 0.433. The van der Waals surface area contributed by atoms with Crippen LogP contribution in [-0.4, -0.2) is 52.5 Å². The van der Waals surface area contributed by atoms with Crippen molar-refractivity contribution >= 4 is 28.2 Å². The lowest BCUT2D eigenvalue weighted by Gasteiger charge is -2.32. The Bertz CT molecular complexity index is 1610. The first-order valence-corrected chi connectivity index (χ1v) is 11.9. The van der Waals surface area contributed by atoms with Gasteiger partial charge in [0.05, 0.1) is 24.7 Å². The summed E-state index contributed by atoms with van der Waals surface area (Å²) in [5.74, 6) is -1.81. The first-order chi connectivity index (χ1) is 17.9.